The van der Waals surface area contributed by atoms with Crippen molar-refractivity contribution in [3.05, 3.63) is 18.0 Å². The summed E-state index contributed by atoms with van der Waals surface area (Å²) in [7, 11) is 0. The average Bonchev–Trinajstić information content (AvgIpc) is 2.91. The van der Waals surface area contributed by atoms with Crippen LogP contribution in [0.2, 0.25) is 0 Å². The lowest BCUT2D eigenvalue weighted by Gasteiger charge is -2.29. The summed E-state index contributed by atoms with van der Waals surface area (Å²) in [6.07, 6.45) is 3.58. The maximum absolute atomic E-state index is 12.1. The predicted molar refractivity (Wildman–Crippen MR) is 73.1 cm³/mol. The smallest absolute Gasteiger partial charge is 0.309 e. The van der Waals surface area contributed by atoms with Crippen molar-refractivity contribution in [2.75, 3.05) is 0 Å². The van der Waals surface area contributed by atoms with Gasteiger partial charge in [-0.3, -0.25) is 14.3 Å². The van der Waals surface area contributed by atoms with Gasteiger partial charge in [-0.25, -0.2) is 0 Å². The molecule has 1 aliphatic heterocycles. The number of carbonyl (C=O) groups is 2. The second-order valence-electron chi connectivity index (χ2n) is 5.84. The number of carboxylic acid groups (broad SMARTS) is 1. The first-order chi connectivity index (χ1) is 9.32. The van der Waals surface area contributed by atoms with Gasteiger partial charge in [0.1, 0.15) is 0 Å². The van der Waals surface area contributed by atoms with Crippen molar-refractivity contribution in [3.8, 4) is 0 Å². The molecule has 2 rings (SSSR count). The minimum Gasteiger partial charge on any atom is -0.481 e. The van der Waals surface area contributed by atoms with E-state index in [0.717, 1.165) is 5.56 Å². The standard InChI is InChI=1S/C14H21N3O3/c1-8(2)16-7-10(6-15-16)13-11(14(19)20)5-12(18)17(13)9(3)4/h6-9,11,13H,5H2,1-4H3,(H,19,20). The second kappa shape index (κ2) is 5.26. The number of aliphatic carboxylic acids is 1. The van der Waals surface area contributed by atoms with E-state index >= 15 is 0 Å². The molecular formula is C14H21N3O3. The fourth-order valence-electron chi connectivity index (χ4n) is 2.77. The number of carbonyl (C=O) groups excluding carboxylic acids is 1. The molecular weight excluding hydrogens is 258 g/mol. The number of likely N-dealkylation sites (tertiary alicyclic amines) is 1. The fourth-order valence-corrected chi connectivity index (χ4v) is 2.77. The number of rotatable bonds is 4. The van der Waals surface area contributed by atoms with Gasteiger partial charge in [0.2, 0.25) is 5.91 Å². The van der Waals surface area contributed by atoms with Crippen LogP contribution in [-0.4, -0.2) is 37.7 Å². The Morgan fingerprint density at radius 3 is 2.45 bits per heavy atom. The molecule has 6 nitrogen and oxygen atoms in total. The van der Waals surface area contributed by atoms with Crippen molar-refractivity contribution < 1.29 is 14.7 Å². The van der Waals surface area contributed by atoms with Gasteiger partial charge in [0, 0.05) is 30.3 Å². The minimum atomic E-state index is -0.927. The molecule has 1 fully saturated rings. The van der Waals surface area contributed by atoms with Gasteiger partial charge in [-0.1, -0.05) is 0 Å². The van der Waals surface area contributed by atoms with E-state index in [4.69, 9.17) is 0 Å². The van der Waals surface area contributed by atoms with Crippen molar-refractivity contribution in [3.63, 3.8) is 0 Å². The summed E-state index contributed by atoms with van der Waals surface area (Å²) in [6, 6.07) is -0.247. The van der Waals surface area contributed by atoms with E-state index in [0.29, 0.717) is 0 Å². The highest BCUT2D eigenvalue weighted by Crippen LogP contribution is 2.39. The van der Waals surface area contributed by atoms with Crippen molar-refractivity contribution >= 4 is 11.9 Å². The molecule has 6 heteroatoms. The lowest BCUT2D eigenvalue weighted by molar-refractivity contribution is -0.142. The van der Waals surface area contributed by atoms with Crippen LogP contribution in [0.5, 0.6) is 0 Å². The fraction of sp³-hybridized carbons (Fsp3) is 0.643. The third-order valence-electron chi connectivity index (χ3n) is 3.73. The zero-order chi connectivity index (χ0) is 15.0. The number of amides is 1. The maximum atomic E-state index is 12.1. The Morgan fingerprint density at radius 2 is 2.00 bits per heavy atom. The van der Waals surface area contributed by atoms with Crippen molar-refractivity contribution in [1.29, 1.82) is 0 Å². The highest BCUT2D eigenvalue weighted by Gasteiger charge is 2.46. The first kappa shape index (κ1) is 14.6. The molecule has 0 bridgehead atoms. The predicted octanol–water partition coefficient (Wildman–Crippen LogP) is 1.85. The minimum absolute atomic E-state index is 0.0285. The molecule has 2 unspecified atom stereocenters. The van der Waals surface area contributed by atoms with Crippen LogP contribution in [0.15, 0.2) is 12.4 Å². The first-order valence-electron chi connectivity index (χ1n) is 6.91. The molecule has 110 valence electrons. The van der Waals surface area contributed by atoms with Crippen molar-refractivity contribution in [2.45, 2.75) is 52.2 Å². The van der Waals surface area contributed by atoms with Gasteiger partial charge < -0.3 is 10.0 Å². The van der Waals surface area contributed by atoms with Gasteiger partial charge in [-0.05, 0) is 27.7 Å². The Bertz CT molecular complexity index is 521. The van der Waals surface area contributed by atoms with Crippen LogP contribution in [-0.2, 0) is 9.59 Å². The monoisotopic (exact) mass is 279 g/mol. The van der Waals surface area contributed by atoms with E-state index < -0.39 is 17.9 Å². The molecule has 0 spiro atoms. The Balaban J connectivity index is 2.40. The molecule has 1 aliphatic rings. The highest BCUT2D eigenvalue weighted by molar-refractivity contribution is 5.87. The second-order valence-corrected chi connectivity index (χ2v) is 5.84. The summed E-state index contributed by atoms with van der Waals surface area (Å²) >= 11 is 0. The molecule has 0 radical (unpaired) electrons. The van der Waals surface area contributed by atoms with Gasteiger partial charge in [0.15, 0.2) is 0 Å². The van der Waals surface area contributed by atoms with E-state index in [2.05, 4.69) is 5.10 Å². The van der Waals surface area contributed by atoms with Gasteiger partial charge in [-0.2, -0.15) is 5.10 Å². The molecule has 1 aromatic rings. The van der Waals surface area contributed by atoms with E-state index in [9.17, 15) is 14.7 Å². The van der Waals surface area contributed by atoms with Gasteiger partial charge in [0.05, 0.1) is 18.2 Å². The van der Waals surface area contributed by atoms with Crippen molar-refractivity contribution in [2.24, 2.45) is 5.92 Å². The zero-order valence-electron chi connectivity index (χ0n) is 12.3. The van der Waals surface area contributed by atoms with Crippen LogP contribution in [0.3, 0.4) is 0 Å². The van der Waals surface area contributed by atoms with Crippen LogP contribution >= 0.6 is 0 Å². The maximum Gasteiger partial charge on any atom is 0.309 e. The van der Waals surface area contributed by atoms with Gasteiger partial charge in [-0.15, -0.1) is 0 Å². The number of hydrogen-bond donors (Lipinski definition) is 1. The lowest BCUT2D eigenvalue weighted by atomic mass is 9.95. The molecule has 1 amide bonds. The summed E-state index contributed by atoms with van der Waals surface area (Å²) in [4.78, 5) is 25.2. The first-order valence-corrected chi connectivity index (χ1v) is 6.91. The Morgan fingerprint density at radius 1 is 1.35 bits per heavy atom. The molecule has 2 heterocycles. The molecule has 20 heavy (non-hydrogen) atoms. The molecule has 2 atom stereocenters. The average molecular weight is 279 g/mol. The third kappa shape index (κ3) is 2.42. The zero-order valence-corrected chi connectivity index (χ0v) is 12.3. The van der Waals surface area contributed by atoms with Crippen LogP contribution in [0.25, 0.3) is 0 Å². The van der Waals surface area contributed by atoms with Gasteiger partial charge in [0.25, 0.3) is 0 Å². The Labute approximate surface area is 118 Å². The Kier molecular flexibility index (Phi) is 3.83. The summed E-state index contributed by atoms with van der Waals surface area (Å²) in [6.45, 7) is 7.82. The largest absolute Gasteiger partial charge is 0.481 e. The highest BCUT2D eigenvalue weighted by atomic mass is 16.4. The molecule has 0 aromatic carbocycles. The number of aromatic nitrogens is 2. The summed E-state index contributed by atoms with van der Waals surface area (Å²) in [5.74, 6) is -1.73. The normalized spacial score (nSPS) is 23.1. The number of hydrogen-bond acceptors (Lipinski definition) is 3. The van der Waals surface area contributed by atoms with E-state index in [-0.39, 0.29) is 24.4 Å². The van der Waals surface area contributed by atoms with Crippen LogP contribution in [0.1, 0.15) is 51.8 Å². The summed E-state index contributed by atoms with van der Waals surface area (Å²) in [5, 5.41) is 13.6. The molecule has 0 aliphatic carbocycles. The SMILES string of the molecule is CC(C)N1C(=O)CC(C(=O)O)C1c1cnn(C(C)C)c1. The van der Waals surface area contributed by atoms with Crippen LogP contribution in [0, 0.1) is 5.92 Å². The molecule has 1 saturated heterocycles. The van der Waals surface area contributed by atoms with E-state index in [1.165, 1.54) is 0 Å². The number of carboxylic acids is 1. The summed E-state index contributed by atoms with van der Waals surface area (Å²) in [5.41, 5.74) is 0.797. The van der Waals surface area contributed by atoms with Gasteiger partial charge >= 0.3 is 5.97 Å². The number of nitrogens with zero attached hydrogens (tertiary/aromatic N) is 3. The topological polar surface area (TPSA) is 75.4 Å². The molecule has 0 saturated carbocycles. The quantitative estimate of drug-likeness (QED) is 0.912. The Hall–Kier alpha value is -1.85. The third-order valence-corrected chi connectivity index (χ3v) is 3.73. The van der Waals surface area contributed by atoms with Crippen LogP contribution in [0.4, 0.5) is 0 Å². The van der Waals surface area contributed by atoms with Crippen LogP contribution < -0.4 is 0 Å². The van der Waals surface area contributed by atoms with E-state index in [1.54, 1.807) is 15.8 Å². The molecule has 1 N–H and O–H groups in total. The summed E-state index contributed by atoms with van der Waals surface area (Å²) < 4.78 is 1.79. The molecule has 1 aromatic heterocycles. The van der Waals surface area contributed by atoms with E-state index in [1.807, 2.05) is 33.9 Å². The lowest BCUT2D eigenvalue weighted by Crippen LogP contribution is -2.35. The van der Waals surface area contributed by atoms with Crippen molar-refractivity contribution in [1.82, 2.24) is 14.7 Å².